The van der Waals surface area contributed by atoms with Crippen LogP contribution in [0.15, 0.2) is 42.5 Å². The second-order valence-electron chi connectivity index (χ2n) is 17.6. The quantitative estimate of drug-likeness (QED) is 0.226. The van der Waals surface area contributed by atoms with Crippen molar-refractivity contribution in [2.24, 2.45) is 11.3 Å². The molecule has 5 aliphatic rings. The van der Waals surface area contributed by atoms with Crippen LogP contribution in [-0.2, 0) is 33.8 Å². The molecule has 3 N–H and O–H groups in total. The molecule has 1 aliphatic carbocycles. The van der Waals surface area contributed by atoms with E-state index in [1.807, 2.05) is 32.2 Å². The zero-order valence-electron chi connectivity index (χ0n) is 33.0. The summed E-state index contributed by atoms with van der Waals surface area (Å²) in [4.78, 5) is 65.4. The van der Waals surface area contributed by atoms with Crippen LogP contribution < -0.4 is 15.1 Å². The zero-order chi connectivity index (χ0) is 38.9. The van der Waals surface area contributed by atoms with Gasteiger partial charge in [-0.2, -0.15) is 5.10 Å². The average molecular weight is 760 g/mol. The normalized spacial score (nSPS) is 23.4. The van der Waals surface area contributed by atoms with Gasteiger partial charge in [0.2, 0.25) is 17.7 Å². The van der Waals surface area contributed by atoms with Crippen LogP contribution in [0.1, 0.15) is 73.6 Å². The molecule has 0 spiro atoms. The number of amides is 4. The lowest BCUT2D eigenvalue weighted by Gasteiger charge is -2.39. The Kier molecular flexibility index (Phi) is 9.27. The van der Waals surface area contributed by atoms with Gasteiger partial charge in [0.25, 0.3) is 5.91 Å². The van der Waals surface area contributed by atoms with Crippen molar-refractivity contribution in [1.29, 1.82) is 0 Å². The molecule has 4 aliphatic heterocycles. The number of rotatable bonds is 8. The smallest absolute Gasteiger partial charge is 0.255 e. The van der Waals surface area contributed by atoms with E-state index in [1.54, 1.807) is 9.80 Å². The Morgan fingerprint density at radius 2 is 1.82 bits per heavy atom. The average Bonchev–Trinajstić information content (AvgIpc) is 3.99. The number of aromatic amines is 2. The van der Waals surface area contributed by atoms with Gasteiger partial charge >= 0.3 is 0 Å². The molecule has 1 unspecified atom stereocenters. The predicted molar refractivity (Wildman–Crippen MR) is 215 cm³/mol. The van der Waals surface area contributed by atoms with Gasteiger partial charge in [0, 0.05) is 105 Å². The van der Waals surface area contributed by atoms with Gasteiger partial charge in [-0.15, -0.1) is 0 Å². The Balaban J connectivity index is 0.766. The highest BCUT2D eigenvalue weighted by molar-refractivity contribution is 6.05. The van der Waals surface area contributed by atoms with Crippen molar-refractivity contribution >= 4 is 45.9 Å². The molecule has 3 saturated heterocycles. The maximum atomic E-state index is 13.8. The Bertz CT molecular complexity index is 2210. The zero-order valence-corrected chi connectivity index (χ0v) is 33.0. The summed E-state index contributed by atoms with van der Waals surface area (Å²) in [5.41, 5.74) is 9.46. The standard InChI is InChI=1S/C43H53N9O4/c1-26(41(55)48(4)30-6-5-28-20-35(44-34(28)21-30)39-33-11-13-43(2,3)22-36(33)46-47-39)50-17-15-49(16-18-50)23-27-12-14-51(24-27)31-7-8-32-29(19-31)25-52(42(32)56)37-9-10-38(53)45-40(37)54/h5-8,19-21,26-27,37,44H,9-18,22-25H2,1-4H3,(H,46,47)(H,45,53,54)/t26-,27+,37?/m0/s1. The highest BCUT2D eigenvalue weighted by Crippen LogP contribution is 2.39. The monoisotopic (exact) mass is 759 g/mol. The largest absolute Gasteiger partial charge is 0.371 e. The van der Waals surface area contributed by atoms with Crippen LogP contribution in [0.2, 0.25) is 0 Å². The van der Waals surface area contributed by atoms with Crippen molar-refractivity contribution in [3.8, 4) is 11.4 Å². The summed E-state index contributed by atoms with van der Waals surface area (Å²) >= 11 is 0. The summed E-state index contributed by atoms with van der Waals surface area (Å²) in [5, 5.41) is 11.5. The van der Waals surface area contributed by atoms with Crippen molar-refractivity contribution in [2.45, 2.75) is 77.9 Å². The summed E-state index contributed by atoms with van der Waals surface area (Å²) in [6.07, 6.45) is 4.91. The van der Waals surface area contributed by atoms with E-state index in [4.69, 9.17) is 5.10 Å². The van der Waals surface area contributed by atoms with Gasteiger partial charge in [-0.25, -0.2) is 0 Å². The van der Waals surface area contributed by atoms with Gasteiger partial charge < -0.3 is 24.6 Å². The fraction of sp³-hybridized carbons (Fsp3) is 0.512. The van der Waals surface area contributed by atoms with Crippen molar-refractivity contribution in [3.05, 3.63) is 64.8 Å². The number of benzene rings is 2. The maximum absolute atomic E-state index is 13.8. The van der Waals surface area contributed by atoms with Gasteiger partial charge in [0.15, 0.2) is 0 Å². The molecule has 4 aromatic rings. The molecule has 294 valence electrons. The molecular weight excluding hydrogens is 707 g/mol. The number of hydrogen-bond acceptors (Lipinski definition) is 8. The SMILES string of the molecule is C[C@@H](C(=O)N(C)c1ccc2cc(-c3n[nH]c4c3CCC(C)(C)C4)[nH]c2c1)N1CCN(C[C@H]2CCN(c3ccc4c(c3)CN(C3CCC(=O)NC3=O)C4=O)C2)CC1. The van der Waals surface area contributed by atoms with Crippen LogP contribution in [0, 0.1) is 11.3 Å². The molecule has 3 atom stereocenters. The van der Waals surface area contributed by atoms with E-state index in [1.165, 1.54) is 11.3 Å². The lowest BCUT2D eigenvalue weighted by molar-refractivity contribution is -0.137. The fourth-order valence-corrected chi connectivity index (χ4v) is 9.76. The first-order valence-corrected chi connectivity index (χ1v) is 20.4. The van der Waals surface area contributed by atoms with Crippen LogP contribution in [0.5, 0.6) is 0 Å². The predicted octanol–water partition coefficient (Wildman–Crippen LogP) is 4.33. The lowest BCUT2D eigenvalue weighted by atomic mass is 9.76. The number of hydrogen-bond donors (Lipinski definition) is 3. The Morgan fingerprint density at radius 3 is 2.62 bits per heavy atom. The highest BCUT2D eigenvalue weighted by Gasteiger charge is 2.40. The van der Waals surface area contributed by atoms with E-state index < -0.39 is 6.04 Å². The van der Waals surface area contributed by atoms with Crippen LogP contribution in [0.4, 0.5) is 11.4 Å². The molecule has 13 nitrogen and oxygen atoms in total. The Morgan fingerprint density at radius 1 is 1.00 bits per heavy atom. The van der Waals surface area contributed by atoms with E-state index in [9.17, 15) is 19.2 Å². The Labute approximate surface area is 327 Å². The fourth-order valence-electron chi connectivity index (χ4n) is 9.76. The summed E-state index contributed by atoms with van der Waals surface area (Å²) in [7, 11) is 1.88. The number of piperazine rings is 1. The number of aromatic nitrogens is 3. The van der Waals surface area contributed by atoms with Crippen LogP contribution in [0.25, 0.3) is 22.3 Å². The molecule has 0 saturated carbocycles. The number of piperidine rings is 1. The van der Waals surface area contributed by atoms with Crippen molar-refractivity contribution in [3.63, 3.8) is 0 Å². The first-order valence-electron chi connectivity index (χ1n) is 20.4. The topological polar surface area (TPSA) is 141 Å². The molecule has 0 bridgehead atoms. The minimum atomic E-state index is -0.601. The molecule has 4 amide bonds. The van der Waals surface area contributed by atoms with Crippen molar-refractivity contribution in [2.75, 3.05) is 62.7 Å². The van der Waals surface area contributed by atoms with Crippen molar-refractivity contribution in [1.82, 2.24) is 35.2 Å². The van der Waals surface area contributed by atoms with E-state index >= 15 is 0 Å². The van der Waals surface area contributed by atoms with Crippen molar-refractivity contribution < 1.29 is 19.2 Å². The summed E-state index contributed by atoms with van der Waals surface area (Å²) in [5.74, 6) is -0.164. The molecular formula is C43H53N9O4. The van der Waals surface area contributed by atoms with Gasteiger partial charge in [0.1, 0.15) is 11.7 Å². The third-order valence-corrected chi connectivity index (χ3v) is 13.2. The van der Waals surface area contributed by atoms with E-state index in [0.717, 1.165) is 111 Å². The minimum Gasteiger partial charge on any atom is -0.371 e. The maximum Gasteiger partial charge on any atom is 0.255 e. The third-order valence-electron chi connectivity index (χ3n) is 13.2. The lowest BCUT2D eigenvalue weighted by Crippen LogP contribution is -2.54. The number of carbonyl (C=O) groups excluding carboxylic acids is 4. The summed E-state index contributed by atoms with van der Waals surface area (Å²) in [6.45, 7) is 13.6. The second-order valence-corrected chi connectivity index (χ2v) is 17.6. The molecule has 6 heterocycles. The van der Waals surface area contributed by atoms with Crippen LogP contribution in [0.3, 0.4) is 0 Å². The summed E-state index contributed by atoms with van der Waals surface area (Å²) in [6, 6.07) is 13.6. The molecule has 2 aromatic heterocycles. The number of fused-ring (bicyclic) bond motifs is 3. The number of H-pyrrole nitrogens is 2. The third kappa shape index (κ3) is 6.78. The number of anilines is 2. The number of carbonyl (C=O) groups is 4. The molecule has 9 rings (SSSR count). The van der Waals surface area contributed by atoms with Crippen LogP contribution >= 0.6 is 0 Å². The first-order chi connectivity index (χ1) is 26.9. The molecule has 0 radical (unpaired) electrons. The Hall–Kier alpha value is -5.01. The summed E-state index contributed by atoms with van der Waals surface area (Å²) < 4.78 is 0. The van der Waals surface area contributed by atoms with Gasteiger partial charge in [-0.3, -0.25) is 34.5 Å². The van der Waals surface area contributed by atoms with Gasteiger partial charge in [0.05, 0.1) is 11.7 Å². The number of nitrogens with zero attached hydrogens (tertiary/aromatic N) is 6. The molecule has 56 heavy (non-hydrogen) atoms. The van der Waals surface area contributed by atoms with E-state index in [0.29, 0.717) is 24.4 Å². The van der Waals surface area contributed by atoms with E-state index in [2.05, 4.69) is 68.2 Å². The van der Waals surface area contributed by atoms with Crippen LogP contribution in [-0.4, -0.2) is 118 Å². The minimum absolute atomic E-state index is 0.0938. The molecule has 3 fully saturated rings. The first kappa shape index (κ1) is 36.6. The van der Waals surface area contributed by atoms with E-state index in [-0.39, 0.29) is 41.5 Å². The molecule has 13 heteroatoms. The highest BCUT2D eigenvalue weighted by atomic mass is 16.2. The van der Waals surface area contributed by atoms with Gasteiger partial charge in [-0.05, 0) is 92.3 Å². The van der Waals surface area contributed by atoms with Gasteiger partial charge in [-0.1, -0.05) is 19.9 Å². The number of likely N-dealkylation sites (N-methyl/N-ethyl adjacent to an activating group) is 1. The number of nitrogens with one attached hydrogen (secondary N) is 3. The second kappa shape index (κ2) is 14.2. The number of imide groups is 1. The molecule has 2 aromatic carbocycles.